The summed E-state index contributed by atoms with van der Waals surface area (Å²) in [4.78, 5) is 24.7. The van der Waals surface area contributed by atoms with Gasteiger partial charge in [0, 0.05) is 12.3 Å². The van der Waals surface area contributed by atoms with Crippen molar-refractivity contribution in [2.45, 2.75) is 23.7 Å². The Balaban J connectivity index is 2.49. The van der Waals surface area contributed by atoms with Crippen LogP contribution >= 0.6 is 0 Å². The topological polar surface area (TPSA) is 125 Å². The second-order valence-corrected chi connectivity index (χ2v) is 5.74. The Bertz CT molecular complexity index is 556. The summed E-state index contributed by atoms with van der Waals surface area (Å²) in [5.41, 5.74) is -1.30. The van der Waals surface area contributed by atoms with Gasteiger partial charge in [-0.15, -0.1) is 0 Å². The molecule has 1 aliphatic rings. The fourth-order valence-electron chi connectivity index (χ4n) is 2.08. The van der Waals surface area contributed by atoms with E-state index in [1.165, 1.54) is 6.20 Å². The first-order valence-corrected chi connectivity index (χ1v) is 6.37. The normalized spacial score (nSPS) is 36.1. The van der Waals surface area contributed by atoms with E-state index in [4.69, 9.17) is 9.84 Å². The average Bonchev–Trinajstić information content (AvgIpc) is 2.54. The van der Waals surface area contributed by atoms with Crippen molar-refractivity contribution in [3.63, 3.8) is 0 Å². The van der Waals surface area contributed by atoms with Crippen LogP contribution in [0, 0.1) is 0 Å². The van der Waals surface area contributed by atoms with Gasteiger partial charge in [0.1, 0.15) is 18.3 Å². The first kappa shape index (κ1) is 13.2. The molecule has 0 amide bonds. The number of aromatic amines is 1. The largest absolute Gasteiger partial charge is 0.394 e. The van der Waals surface area contributed by atoms with E-state index in [1.54, 1.807) is 0 Å². The van der Waals surface area contributed by atoms with E-state index in [-0.39, 0.29) is 10.2 Å². The number of aliphatic hydroxyl groups excluding tert-OH is 3. The molecular formula is C9H14N2O6Si. The minimum absolute atomic E-state index is 0.179. The van der Waals surface area contributed by atoms with Crippen molar-refractivity contribution >= 4 is 10.2 Å². The summed E-state index contributed by atoms with van der Waals surface area (Å²) in [6.45, 7) is -0.472. The van der Waals surface area contributed by atoms with Crippen LogP contribution in [0.4, 0.5) is 0 Å². The standard InChI is InChI=1S/C9H14N2O6Si/c12-3-4-6(14)7(15)9(18,17-4)11-2-1-5(13)10-8(11)16/h1-2,4,6-7,12,14-15H,3H2,18H3,(H,10,13,16)/t4-,6-,7-,9+/m1/s1. The molecule has 0 aliphatic carbocycles. The lowest BCUT2D eigenvalue weighted by molar-refractivity contribution is -0.0889. The van der Waals surface area contributed by atoms with Gasteiger partial charge >= 0.3 is 5.69 Å². The van der Waals surface area contributed by atoms with Gasteiger partial charge in [-0.1, -0.05) is 0 Å². The number of aromatic nitrogens is 2. The van der Waals surface area contributed by atoms with E-state index in [2.05, 4.69) is 0 Å². The quantitative estimate of drug-likeness (QED) is 0.404. The van der Waals surface area contributed by atoms with Crippen LogP contribution in [0.3, 0.4) is 0 Å². The van der Waals surface area contributed by atoms with Gasteiger partial charge in [0.2, 0.25) is 0 Å². The summed E-state index contributed by atoms with van der Waals surface area (Å²) in [6.07, 6.45) is -2.39. The molecule has 0 spiro atoms. The van der Waals surface area contributed by atoms with E-state index in [9.17, 15) is 19.8 Å². The Morgan fingerprint density at radius 1 is 1.50 bits per heavy atom. The van der Waals surface area contributed by atoms with E-state index >= 15 is 0 Å². The zero-order valence-electron chi connectivity index (χ0n) is 9.61. The molecule has 4 atom stereocenters. The lowest BCUT2D eigenvalue weighted by Gasteiger charge is -2.29. The summed E-state index contributed by atoms with van der Waals surface area (Å²) in [6, 6.07) is 1.12. The molecule has 2 heterocycles. The van der Waals surface area contributed by atoms with Gasteiger partial charge in [-0.2, -0.15) is 0 Å². The first-order chi connectivity index (χ1) is 8.40. The van der Waals surface area contributed by atoms with Gasteiger partial charge < -0.3 is 20.1 Å². The predicted octanol–water partition coefficient (Wildman–Crippen LogP) is -4.37. The first-order valence-electron chi connectivity index (χ1n) is 5.37. The van der Waals surface area contributed by atoms with Crippen molar-refractivity contribution in [1.82, 2.24) is 9.55 Å². The van der Waals surface area contributed by atoms with Gasteiger partial charge in [0.15, 0.2) is 5.35 Å². The highest BCUT2D eigenvalue weighted by molar-refractivity contribution is 6.13. The molecule has 1 aromatic rings. The van der Waals surface area contributed by atoms with Gasteiger partial charge in [-0.25, -0.2) is 4.79 Å². The monoisotopic (exact) mass is 274 g/mol. The van der Waals surface area contributed by atoms with E-state index < -0.39 is 41.5 Å². The molecule has 1 saturated heterocycles. The van der Waals surface area contributed by atoms with Crippen LogP contribution in [0.5, 0.6) is 0 Å². The Labute approximate surface area is 104 Å². The van der Waals surface area contributed by atoms with E-state index in [0.717, 1.165) is 10.6 Å². The number of hydrogen-bond acceptors (Lipinski definition) is 6. The van der Waals surface area contributed by atoms with Crippen molar-refractivity contribution in [2.75, 3.05) is 6.61 Å². The molecule has 9 heteroatoms. The van der Waals surface area contributed by atoms with Crippen LogP contribution in [0.15, 0.2) is 21.9 Å². The Morgan fingerprint density at radius 2 is 2.17 bits per heavy atom. The van der Waals surface area contributed by atoms with Gasteiger partial charge in [0.05, 0.1) is 16.8 Å². The molecule has 1 aromatic heterocycles. The number of aliphatic hydroxyl groups is 3. The summed E-state index contributed by atoms with van der Waals surface area (Å²) < 4.78 is 6.41. The maximum atomic E-state index is 11.7. The highest BCUT2D eigenvalue weighted by atomic mass is 28.1. The third kappa shape index (κ3) is 1.85. The van der Waals surface area contributed by atoms with Gasteiger partial charge in [0.25, 0.3) is 5.56 Å². The molecule has 0 bridgehead atoms. The average molecular weight is 274 g/mol. The molecular weight excluding hydrogens is 260 g/mol. The maximum Gasteiger partial charge on any atom is 0.330 e. The maximum absolute atomic E-state index is 11.7. The van der Waals surface area contributed by atoms with Crippen LogP contribution in [0.1, 0.15) is 0 Å². The van der Waals surface area contributed by atoms with Crippen LogP contribution in [-0.4, -0.2) is 60.0 Å². The Kier molecular flexibility index (Phi) is 3.25. The van der Waals surface area contributed by atoms with Crippen molar-refractivity contribution in [1.29, 1.82) is 0 Å². The summed E-state index contributed by atoms with van der Waals surface area (Å²) >= 11 is 0. The zero-order valence-corrected chi connectivity index (χ0v) is 11.6. The van der Waals surface area contributed by atoms with Crippen LogP contribution in [-0.2, 0) is 10.1 Å². The molecule has 0 radical (unpaired) electrons. The van der Waals surface area contributed by atoms with Crippen molar-refractivity contribution in [3.8, 4) is 0 Å². The number of hydrogen-bond donors (Lipinski definition) is 4. The van der Waals surface area contributed by atoms with Gasteiger partial charge in [-0.05, 0) is 0 Å². The number of H-pyrrole nitrogens is 1. The van der Waals surface area contributed by atoms with Crippen molar-refractivity contribution in [2.24, 2.45) is 0 Å². The minimum atomic E-state index is -1.41. The highest BCUT2D eigenvalue weighted by Gasteiger charge is 2.52. The third-order valence-electron chi connectivity index (χ3n) is 3.13. The molecule has 0 aromatic carbocycles. The zero-order chi connectivity index (χ0) is 13.5. The third-order valence-corrected chi connectivity index (χ3v) is 4.43. The lowest BCUT2D eigenvalue weighted by atomic mass is 10.1. The highest BCUT2D eigenvalue weighted by Crippen LogP contribution is 2.31. The van der Waals surface area contributed by atoms with Gasteiger partial charge in [-0.3, -0.25) is 14.3 Å². The molecule has 1 fully saturated rings. The molecule has 2 rings (SSSR count). The van der Waals surface area contributed by atoms with Crippen molar-refractivity contribution < 1.29 is 20.1 Å². The fourth-order valence-corrected chi connectivity index (χ4v) is 3.07. The number of ether oxygens (including phenoxy) is 1. The van der Waals surface area contributed by atoms with Crippen LogP contribution in [0.2, 0.25) is 0 Å². The summed E-state index contributed by atoms with van der Waals surface area (Å²) in [7, 11) is 0.179. The van der Waals surface area contributed by atoms with Crippen molar-refractivity contribution in [3.05, 3.63) is 33.1 Å². The van der Waals surface area contributed by atoms with E-state index in [1.807, 2.05) is 4.98 Å². The number of nitrogens with zero attached hydrogens (tertiary/aromatic N) is 1. The summed E-state index contributed by atoms with van der Waals surface area (Å²) in [5.74, 6) is 0. The number of rotatable bonds is 2. The molecule has 1 aliphatic heterocycles. The Hall–Kier alpha value is -1.26. The predicted molar refractivity (Wildman–Crippen MR) is 63.2 cm³/mol. The molecule has 4 N–H and O–H groups in total. The molecule has 100 valence electrons. The second kappa shape index (κ2) is 4.44. The fraction of sp³-hybridized carbons (Fsp3) is 0.556. The lowest BCUT2D eigenvalue weighted by Crippen LogP contribution is -2.52. The summed E-state index contributed by atoms with van der Waals surface area (Å²) in [5, 5.41) is 27.3. The second-order valence-electron chi connectivity index (χ2n) is 4.31. The smallest absolute Gasteiger partial charge is 0.330 e. The van der Waals surface area contributed by atoms with E-state index in [0.29, 0.717) is 0 Å². The Morgan fingerprint density at radius 3 is 2.67 bits per heavy atom. The minimum Gasteiger partial charge on any atom is -0.394 e. The number of nitrogens with one attached hydrogen (secondary N) is 1. The molecule has 0 saturated carbocycles. The SMILES string of the molecule is O=c1ccn([C@]2([SiH3])O[C@H](CO)[C@@H](O)[C@H]2O)c(=O)[nH]1. The molecule has 18 heavy (non-hydrogen) atoms. The molecule has 0 unspecified atom stereocenters. The molecule has 8 nitrogen and oxygen atoms in total. The van der Waals surface area contributed by atoms with Crippen LogP contribution in [0.25, 0.3) is 0 Å². The van der Waals surface area contributed by atoms with Crippen LogP contribution < -0.4 is 11.2 Å².